The van der Waals surface area contributed by atoms with Crippen molar-refractivity contribution in [2.24, 2.45) is 5.11 Å². The third kappa shape index (κ3) is 3.96. The molecule has 1 aromatic carbocycles. The standard InChI is InChI=1S/C11H15N3O3/c1-17-9-4-2-3-8(7-9)11(16)10(15)5-6-13-14-12/h2-4,7,10-11,15-16H,5-6H2,1H3. The Morgan fingerprint density at radius 1 is 1.47 bits per heavy atom. The van der Waals surface area contributed by atoms with Crippen LogP contribution >= 0.6 is 0 Å². The van der Waals surface area contributed by atoms with Gasteiger partial charge in [-0.05, 0) is 29.6 Å². The highest BCUT2D eigenvalue weighted by Crippen LogP contribution is 2.22. The fraction of sp³-hybridized carbons (Fsp3) is 0.455. The molecule has 0 bridgehead atoms. The van der Waals surface area contributed by atoms with Crippen molar-refractivity contribution in [3.05, 3.63) is 40.3 Å². The number of aliphatic hydroxyl groups is 2. The fourth-order valence-corrected chi connectivity index (χ4v) is 1.44. The molecule has 0 spiro atoms. The zero-order chi connectivity index (χ0) is 12.7. The van der Waals surface area contributed by atoms with Crippen molar-refractivity contribution in [3.63, 3.8) is 0 Å². The fourth-order valence-electron chi connectivity index (χ4n) is 1.44. The molecule has 2 unspecified atom stereocenters. The predicted octanol–water partition coefficient (Wildman–Crippen LogP) is 1.79. The number of benzene rings is 1. The van der Waals surface area contributed by atoms with E-state index in [1.165, 1.54) is 7.11 Å². The molecule has 0 fully saturated rings. The predicted molar refractivity (Wildman–Crippen MR) is 62.6 cm³/mol. The number of methoxy groups -OCH3 is 1. The van der Waals surface area contributed by atoms with Gasteiger partial charge < -0.3 is 14.9 Å². The highest BCUT2D eigenvalue weighted by Gasteiger charge is 2.17. The SMILES string of the molecule is COc1cccc(C(O)C(O)CCN=[N+]=[N-])c1. The van der Waals surface area contributed by atoms with Crippen LogP contribution in [0.3, 0.4) is 0 Å². The quantitative estimate of drug-likeness (QED) is 0.448. The van der Waals surface area contributed by atoms with Gasteiger partial charge in [-0.15, -0.1) is 0 Å². The molecule has 17 heavy (non-hydrogen) atoms. The van der Waals surface area contributed by atoms with Crippen molar-refractivity contribution < 1.29 is 14.9 Å². The molecule has 0 aliphatic carbocycles. The second kappa shape index (κ2) is 6.75. The molecule has 0 aliphatic heterocycles. The molecule has 6 heteroatoms. The Hall–Kier alpha value is -1.75. The lowest BCUT2D eigenvalue weighted by molar-refractivity contribution is 0.0149. The van der Waals surface area contributed by atoms with Crippen molar-refractivity contribution >= 4 is 0 Å². The molecule has 0 aliphatic rings. The number of azide groups is 1. The molecule has 0 radical (unpaired) electrons. The summed E-state index contributed by atoms with van der Waals surface area (Å²) in [4.78, 5) is 2.58. The number of hydrogen-bond donors (Lipinski definition) is 2. The van der Waals surface area contributed by atoms with Gasteiger partial charge in [0.15, 0.2) is 0 Å². The van der Waals surface area contributed by atoms with Crippen LogP contribution in [-0.4, -0.2) is 30.0 Å². The summed E-state index contributed by atoms with van der Waals surface area (Å²) in [7, 11) is 1.53. The maximum atomic E-state index is 9.87. The van der Waals surface area contributed by atoms with Crippen LogP contribution in [0.2, 0.25) is 0 Å². The first kappa shape index (κ1) is 13.3. The van der Waals surface area contributed by atoms with Gasteiger partial charge in [0.2, 0.25) is 0 Å². The molecule has 0 saturated carbocycles. The van der Waals surface area contributed by atoms with Gasteiger partial charge in [-0.25, -0.2) is 0 Å². The minimum atomic E-state index is -1.01. The minimum Gasteiger partial charge on any atom is -0.497 e. The van der Waals surface area contributed by atoms with Crippen LogP contribution in [0, 0.1) is 0 Å². The van der Waals surface area contributed by atoms with E-state index in [4.69, 9.17) is 10.3 Å². The Morgan fingerprint density at radius 3 is 2.88 bits per heavy atom. The Labute approximate surface area is 99.1 Å². The molecule has 0 amide bonds. The number of hydrogen-bond acceptors (Lipinski definition) is 4. The van der Waals surface area contributed by atoms with Crippen LogP contribution in [-0.2, 0) is 0 Å². The monoisotopic (exact) mass is 237 g/mol. The van der Waals surface area contributed by atoms with Crippen molar-refractivity contribution in [2.45, 2.75) is 18.6 Å². The van der Waals surface area contributed by atoms with Gasteiger partial charge >= 0.3 is 0 Å². The Morgan fingerprint density at radius 2 is 2.24 bits per heavy atom. The summed E-state index contributed by atoms with van der Waals surface area (Å²) < 4.78 is 5.02. The molecule has 6 nitrogen and oxygen atoms in total. The van der Waals surface area contributed by atoms with E-state index in [1.54, 1.807) is 24.3 Å². The third-order valence-electron chi connectivity index (χ3n) is 2.39. The second-order valence-electron chi connectivity index (χ2n) is 3.53. The lowest BCUT2D eigenvalue weighted by Gasteiger charge is -2.17. The van der Waals surface area contributed by atoms with Crippen LogP contribution in [0.5, 0.6) is 5.75 Å². The summed E-state index contributed by atoms with van der Waals surface area (Å²) in [6, 6.07) is 6.84. The average Bonchev–Trinajstić information content (AvgIpc) is 2.38. The number of nitrogens with zero attached hydrogens (tertiary/aromatic N) is 3. The van der Waals surface area contributed by atoms with Crippen molar-refractivity contribution in [3.8, 4) is 5.75 Å². The molecular formula is C11H15N3O3. The van der Waals surface area contributed by atoms with E-state index < -0.39 is 12.2 Å². The van der Waals surface area contributed by atoms with Gasteiger partial charge in [-0.2, -0.15) is 0 Å². The van der Waals surface area contributed by atoms with Gasteiger partial charge in [0.25, 0.3) is 0 Å². The van der Waals surface area contributed by atoms with Crippen LogP contribution in [0.25, 0.3) is 10.4 Å². The highest BCUT2D eigenvalue weighted by atomic mass is 16.5. The van der Waals surface area contributed by atoms with E-state index >= 15 is 0 Å². The van der Waals surface area contributed by atoms with Gasteiger partial charge in [-0.3, -0.25) is 0 Å². The highest BCUT2D eigenvalue weighted by molar-refractivity contribution is 5.30. The van der Waals surface area contributed by atoms with Crippen LogP contribution < -0.4 is 4.74 Å². The first-order chi connectivity index (χ1) is 8.19. The molecule has 2 atom stereocenters. The normalized spacial score (nSPS) is 13.6. The smallest absolute Gasteiger partial charge is 0.119 e. The molecule has 0 heterocycles. The molecule has 0 aromatic heterocycles. The Balaban J connectivity index is 2.66. The summed E-state index contributed by atoms with van der Waals surface area (Å²) in [5.74, 6) is 0.615. The number of rotatable bonds is 6. The Bertz CT molecular complexity index is 405. The summed E-state index contributed by atoms with van der Waals surface area (Å²) in [6.07, 6.45) is -1.77. The molecular weight excluding hydrogens is 222 g/mol. The first-order valence-electron chi connectivity index (χ1n) is 5.20. The van der Waals surface area contributed by atoms with E-state index in [0.717, 1.165) is 0 Å². The van der Waals surface area contributed by atoms with Gasteiger partial charge in [-0.1, -0.05) is 17.2 Å². The average molecular weight is 237 g/mol. The molecule has 2 N–H and O–H groups in total. The first-order valence-corrected chi connectivity index (χ1v) is 5.20. The van der Waals surface area contributed by atoms with Gasteiger partial charge in [0.05, 0.1) is 13.2 Å². The van der Waals surface area contributed by atoms with E-state index in [0.29, 0.717) is 11.3 Å². The van der Waals surface area contributed by atoms with Crippen LogP contribution in [0.15, 0.2) is 29.4 Å². The maximum absolute atomic E-state index is 9.87. The van der Waals surface area contributed by atoms with Gasteiger partial charge in [0, 0.05) is 11.5 Å². The van der Waals surface area contributed by atoms with Crippen molar-refractivity contribution in [1.29, 1.82) is 0 Å². The zero-order valence-electron chi connectivity index (χ0n) is 9.52. The summed E-state index contributed by atoms with van der Waals surface area (Å²) in [5.41, 5.74) is 8.67. The minimum absolute atomic E-state index is 0.151. The summed E-state index contributed by atoms with van der Waals surface area (Å²) in [6.45, 7) is 0.151. The van der Waals surface area contributed by atoms with E-state index in [-0.39, 0.29) is 13.0 Å². The van der Waals surface area contributed by atoms with Gasteiger partial charge in [0.1, 0.15) is 11.9 Å². The summed E-state index contributed by atoms with van der Waals surface area (Å²) >= 11 is 0. The van der Waals surface area contributed by atoms with E-state index in [1.807, 2.05) is 0 Å². The topological polar surface area (TPSA) is 98.5 Å². The maximum Gasteiger partial charge on any atom is 0.119 e. The molecule has 1 rings (SSSR count). The van der Waals surface area contributed by atoms with Crippen LogP contribution in [0.1, 0.15) is 18.1 Å². The van der Waals surface area contributed by atoms with Crippen molar-refractivity contribution in [1.82, 2.24) is 0 Å². The molecule has 92 valence electrons. The number of aliphatic hydroxyl groups excluding tert-OH is 2. The van der Waals surface area contributed by atoms with E-state index in [2.05, 4.69) is 10.0 Å². The lowest BCUT2D eigenvalue weighted by atomic mass is 10.0. The zero-order valence-corrected chi connectivity index (χ0v) is 9.52. The Kier molecular flexibility index (Phi) is 5.29. The largest absolute Gasteiger partial charge is 0.497 e. The lowest BCUT2D eigenvalue weighted by Crippen LogP contribution is -2.19. The van der Waals surface area contributed by atoms with E-state index in [9.17, 15) is 10.2 Å². The number of ether oxygens (including phenoxy) is 1. The molecule has 1 aromatic rings. The summed E-state index contributed by atoms with van der Waals surface area (Å²) in [5, 5.41) is 22.9. The third-order valence-corrected chi connectivity index (χ3v) is 2.39. The van der Waals surface area contributed by atoms with Crippen LogP contribution in [0.4, 0.5) is 0 Å². The second-order valence-corrected chi connectivity index (χ2v) is 3.53. The van der Waals surface area contributed by atoms with Crippen molar-refractivity contribution in [2.75, 3.05) is 13.7 Å². The molecule has 0 saturated heterocycles.